The van der Waals surface area contributed by atoms with E-state index in [9.17, 15) is 14.0 Å². The van der Waals surface area contributed by atoms with Crippen LogP contribution in [0.4, 0.5) is 4.39 Å². The number of imidazole rings is 1. The summed E-state index contributed by atoms with van der Waals surface area (Å²) in [6, 6.07) is 10.1. The molecule has 1 aromatic heterocycles. The molecule has 0 spiro atoms. The van der Waals surface area contributed by atoms with E-state index in [-0.39, 0.29) is 24.0 Å². The lowest BCUT2D eigenvalue weighted by Gasteiger charge is -2.29. The SMILES string of the molecule is COc1cc(CC2(CCC(=O)NCCc3nc4ccc(Cl)cc4[nH]3)CCC(=O)N2)ccc1F. The van der Waals surface area contributed by atoms with Crippen LogP contribution in [-0.2, 0) is 22.4 Å². The van der Waals surface area contributed by atoms with Gasteiger partial charge in [-0.1, -0.05) is 17.7 Å². The summed E-state index contributed by atoms with van der Waals surface area (Å²) in [7, 11) is 1.42. The van der Waals surface area contributed by atoms with Crippen molar-refractivity contribution in [3.8, 4) is 5.75 Å². The number of nitrogens with zero attached hydrogens (tertiary/aromatic N) is 1. The zero-order chi connectivity index (χ0) is 23.4. The molecule has 2 amide bonds. The van der Waals surface area contributed by atoms with E-state index in [2.05, 4.69) is 20.6 Å². The third-order valence-corrected chi connectivity index (χ3v) is 6.24. The van der Waals surface area contributed by atoms with Gasteiger partial charge >= 0.3 is 0 Å². The van der Waals surface area contributed by atoms with Crippen molar-refractivity contribution in [1.82, 2.24) is 20.6 Å². The zero-order valence-corrected chi connectivity index (χ0v) is 19.1. The van der Waals surface area contributed by atoms with Crippen molar-refractivity contribution in [2.45, 2.75) is 44.1 Å². The first-order valence-electron chi connectivity index (χ1n) is 10.9. The van der Waals surface area contributed by atoms with Crippen molar-refractivity contribution >= 4 is 34.4 Å². The second-order valence-corrected chi connectivity index (χ2v) is 8.86. The Balaban J connectivity index is 1.32. The number of nitrogens with one attached hydrogen (secondary N) is 3. The normalized spacial score (nSPS) is 17.8. The van der Waals surface area contributed by atoms with Gasteiger partial charge in [-0.3, -0.25) is 9.59 Å². The number of fused-ring (bicyclic) bond motifs is 1. The average molecular weight is 473 g/mol. The third-order valence-electron chi connectivity index (χ3n) is 6.00. The number of amides is 2. The third kappa shape index (κ3) is 5.63. The van der Waals surface area contributed by atoms with Gasteiger partial charge in [0.1, 0.15) is 5.82 Å². The molecule has 1 atom stereocenters. The van der Waals surface area contributed by atoms with Crippen LogP contribution in [0, 0.1) is 5.82 Å². The minimum absolute atomic E-state index is 0.0329. The van der Waals surface area contributed by atoms with Crippen LogP contribution >= 0.6 is 11.6 Å². The molecular formula is C24H26ClFN4O3. The molecule has 2 heterocycles. The molecule has 9 heteroatoms. The van der Waals surface area contributed by atoms with Gasteiger partial charge in [-0.15, -0.1) is 0 Å². The summed E-state index contributed by atoms with van der Waals surface area (Å²) in [6.07, 6.45) is 2.87. The van der Waals surface area contributed by atoms with Crippen LogP contribution in [0.5, 0.6) is 5.75 Å². The fraction of sp³-hybridized carbons (Fsp3) is 0.375. The number of methoxy groups -OCH3 is 1. The van der Waals surface area contributed by atoms with Gasteiger partial charge in [0.2, 0.25) is 11.8 Å². The number of hydrogen-bond donors (Lipinski definition) is 3. The predicted octanol–water partition coefficient (Wildman–Crippen LogP) is 3.69. The molecule has 0 bridgehead atoms. The molecule has 1 unspecified atom stereocenters. The first kappa shape index (κ1) is 23.0. The Morgan fingerprint density at radius 1 is 1.30 bits per heavy atom. The average Bonchev–Trinajstić information content (AvgIpc) is 3.36. The molecule has 0 radical (unpaired) electrons. The van der Waals surface area contributed by atoms with E-state index < -0.39 is 11.4 Å². The Labute approximate surface area is 196 Å². The number of carbonyl (C=O) groups excluding carboxylic acids is 2. The maximum atomic E-state index is 13.8. The first-order chi connectivity index (χ1) is 15.9. The molecule has 1 aliphatic heterocycles. The van der Waals surface area contributed by atoms with Crippen molar-refractivity contribution in [1.29, 1.82) is 0 Å². The molecule has 0 saturated carbocycles. The first-order valence-corrected chi connectivity index (χ1v) is 11.3. The number of aromatic amines is 1. The van der Waals surface area contributed by atoms with Crippen molar-refractivity contribution < 1.29 is 18.7 Å². The smallest absolute Gasteiger partial charge is 0.220 e. The van der Waals surface area contributed by atoms with Crippen molar-refractivity contribution in [2.24, 2.45) is 0 Å². The Morgan fingerprint density at radius 3 is 2.91 bits per heavy atom. The van der Waals surface area contributed by atoms with Crippen LogP contribution in [-0.4, -0.2) is 41.0 Å². The summed E-state index contributed by atoms with van der Waals surface area (Å²) < 4.78 is 18.8. The Kier molecular flexibility index (Phi) is 6.83. The van der Waals surface area contributed by atoms with Crippen LogP contribution in [0.2, 0.25) is 5.02 Å². The van der Waals surface area contributed by atoms with Gasteiger partial charge in [-0.25, -0.2) is 9.37 Å². The number of benzene rings is 2. The summed E-state index contributed by atoms with van der Waals surface area (Å²) in [5.41, 5.74) is 2.01. The molecule has 1 saturated heterocycles. The van der Waals surface area contributed by atoms with Crippen molar-refractivity contribution in [3.05, 3.63) is 58.6 Å². The van der Waals surface area contributed by atoms with Crippen LogP contribution in [0.1, 0.15) is 37.1 Å². The summed E-state index contributed by atoms with van der Waals surface area (Å²) in [4.78, 5) is 32.2. The van der Waals surface area contributed by atoms with E-state index in [0.717, 1.165) is 22.4 Å². The van der Waals surface area contributed by atoms with Gasteiger partial charge in [0.05, 0.1) is 18.1 Å². The molecule has 0 aliphatic carbocycles. The maximum absolute atomic E-state index is 13.8. The quantitative estimate of drug-likeness (QED) is 0.442. The van der Waals surface area contributed by atoms with Crippen LogP contribution in [0.25, 0.3) is 11.0 Å². The molecule has 3 aromatic rings. The number of ether oxygens (including phenoxy) is 1. The van der Waals surface area contributed by atoms with Gasteiger partial charge < -0.3 is 20.4 Å². The van der Waals surface area contributed by atoms with E-state index in [1.54, 1.807) is 18.2 Å². The molecule has 3 N–H and O–H groups in total. The fourth-order valence-corrected chi connectivity index (χ4v) is 4.47. The van der Waals surface area contributed by atoms with Crippen LogP contribution in [0.15, 0.2) is 36.4 Å². The minimum atomic E-state index is -0.532. The lowest BCUT2D eigenvalue weighted by molar-refractivity contribution is -0.122. The van der Waals surface area contributed by atoms with E-state index in [1.165, 1.54) is 13.2 Å². The number of aromatic nitrogens is 2. The van der Waals surface area contributed by atoms with E-state index in [4.69, 9.17) is 16.3 Å². The Morgan fingerprint density at radius 2 is 2.15 bits per heavy atom. The number of rotatable bonds is 9. The second-order valence-electron chi connectivity index (χ2n) is 8.42. The molecule has 4 rings (SSSR count). The highest BCUT2D eigenvalue weighted by Crippen LogP contribution is 2.31. The van der Waals surface area contributed by atoms with Gasteiger partial charge in [-0.05, 0) is 55.2 Å². The molecule has 7 nitrogen and oxygen atoms in total. The standard InChI is InChI=1S/C24H26ClFN4O3/c1-33-20-12-15(2-4-17(20)26)14-24(10-7-23(32)30-24)9-6-22(31)27-11-8-21-28-18-5-3-16(25)13-19(18)29-21/h2-5,12-13H,6-11,14H2,1H3,(H,27,31)(H,28,29)(H,30,32). The molecular weight excluding hydrogens is 447 g/mol. The maximum Gasteiger partial charge on any atom is 0.220 e. The zero-order valence-electron chi connectivity index (χ0n) is 18.3. The number of hydrogen-bond acceptors (Lipinski definition) is 4. The van der Waals surface area contributed by atoms with Crippen molar-refractivity contribution in [2.75, 3.05) is 13.7 Å². The molecule has 1 aliphatic rings. The lowest BCUT2D eigenvalue weighted by atomic mass is 9.85. The minimum Gasteiger partial charge on any atom is -0.494 e. The largest absolute Gasteiger partial charge is 0.494 e. The van der Waals surface area contributed by atoms with Gasteiger partial charge in [0, 0.05) is 36.4 Å². The molecule has 2 aromatic carbocycles. The summed E-state index contributed by atoms with van der Waals surface area (Å²) in [5, 5.41) is 6.60. The highest BCUT2D eigenvalue weighted by molar-refractivity contribution is 6.31. The fourth-order valence-electron chi connectivity index (χ4n) is 4.30. The van der Waals surface area contributed by atoms with E-state index in [1.807, 2.05) is 12.1 Å². The molecule has 1 fully saturated rings. The number of carbonyl (C=O) groups is 2. The predicted molar refractivity (Wildman–Crippen MR) is 124 cm³/mol. The highest BCUT2D eigenvalue weighted by atomic mass is 35.5. The van der Waals surface area contributed by atoms with E-state index >= 15 is 0 Å². The second kappa shape index (κ2) is 9.79. The van der Waals surface area contributed by atoms with Gasteiger partial charge in [-0.2, -0.15) is 0 Å². The monoisotopic (exact) mass is 472 g/mol. The summed E-state index contributed by atoms with van der Waals surface area (Å²) >= 11 is 6.00. The topological polar surface area (TPSA) is 96.1 Å². The summed E-state index contributed by atoms with van der Waals surface area (Å²) in [6.45, 7) is 0.445. The lowest BCUT2D eigenvalue weighted by Crippen LogP contribution is -2.44. The highest BCUT2D eigenvalue weighted by Gasteiger charge is 2.38. The number of halogens is 2. The van der Waals surface area contributed by atoms with Gasteiger partial charge in [0.15, 0.2) is 11.6 Å². The molecule has 174 valence electrons. The van der Waals surface area contributed by atoms with Crippen LogP contribution in [0.3, 0.4) is 0 Å². The Hall–Kier alpha value is -3.13. The van der Waals surface area contributed by atoms with Crippen LogP contribution < -0.4 is 15.4 Å². The molecule has 33 heavy (non-hydrogen) atoms. The van der Waals surface area contributed by atoms with Gasteiger partial charge in [0.25, 0.3) is 0 Å². The Bertz CT molecular complexity index is 1180. The number of H-pyrrole nitrogens is 1. The van der Waals surface area contributed by atoms with Crippen molar-refractivity contribution in [3.63, 3.8) is 0 Å². The summed E-state index contributed by atoms with van der Waals surface area (Å²) in [5.74, 6) is 0.383. The van der Waals surface area contributed by atoms with E-state index in [0.29, 0.717) is 43.7 Å².